The number of nitrogens with one attached hydrogen (secondary N) is 1. The molecule has 3 nitrogen and oxygen atoms in total. The van der Waals surface area contributed by atoms with Crippen molar-refractivity contribution in [3.8, 4) is 0 Å². The Morgan fingerprint density at radius 2 is 2.00 bits per heavy atom. The van der Waals surface area contributed by atoms with Crippen LogP contribution in [0.15, 0.2) is 35.2 Å². The molecule has 0 spiro atoms. The fourth-order valence-corrected chi connectivity index (χ4v) is 3.24. The summed E-state index contributed by atoms with van der Waals surface area (Å²) in [5.74, 6) is 1.80. The molecule has 2 heterocycles. The fraction of sp³-hybridized carbons (Fsp3) is 0.375. The summed E-state index contributed by atoms with van der Waals surface area (Å²) in [5, 5.41) is 3.38. The number of thioether (sulfide) groups is 1. The highest BCUT2D eigenvalue weighted by molar-refractivity contribution is 7.98. The van der Waals surface area contributed by atoms with Gasteiger partial charge in [-0.25, -0.2) is 9.97 Å². The SMILES string of the molecule is CCCc1nc(CSc2ccccc2)nc2c1CNC2. The molecule has 20 heavy (non-hydrogen) atoms. The van der Waals surface area contributed by atoms with Gasteiger partial charge < -0.3 is 5.32 Å². The molecule has 0 atom stereocenters. The molecule has 4 heteroatoms. The standard InChI is InChI=1S/C16H19N3S/c1-2-6-14-13-9-17-10-15(13)19-16(18-14)11-20-12-7-4-3-5-8-12/h3-5,7-8,17H,2,6,9-11H2,1H3. The van der Waals surface area contributed by atoms with Gasteiger partial charge in [0.15, 0.2) is 0 Å². The maximum Gasteiger partial charge on any atom is 0.139 e. The molecule has 1 aliphatic rings. The Kier molecular flexibility index (Phi) is 4.33. The van der Waals surface area contributed by atoms with Crippen LogP contribution in [0.4, 0.5) is 0 Å². The lowest BCUT2D eigenvalue weighted by Crippen LogP contribution is -2.05. The normalized spacial score (nSPS) is 13.4. The molecule has 3 rings (SSSR count). The average Bonchev–Trinajstić information content (AvgIpc) is 2.95. The maximum atomic E-state index is 4.78. The topological polar surface area (TPSA) is 37.8 Å². The molecule has 0 saturated heterocycles. The highest BCUT2D eigenvalue weighted by Gasteiger charge is 2.18. The van der Waals surface area contributed by atoms with Gasteiger partial charge in [-0.05, 0) is 18.6 Å². The predicted molar refractivity (Wildman–Crippen MR) is 82.6 cm³/mol. The van der Waals surface area contributed by atoms with Crippen LogP contribution >= 0.6 is 11.8 Å². The van der Waals surface area contributed by atoms with Gasteiger partial charge in [0.05, 0.1) is 11.4 Å². The summed E-state index contributed by atoms with van der Waals surface area (Å²) in [5.41, 5.74) is 3.78. The van der Waals surface area contributed by atoms with Crippen LogP contribution in [-0.4, -0.2) is 9.97 Å². The summed E-state index contributed by atoms with van der Waals surface area (Å²) >= 11 is 1.80. The molecule has 0 unspecified atom stereocenters. The Hall–Kier alpha value is -1.39. The summed E-state index contributed by atoms with van der Waals surface area (Å²) in [7, 11) is 0. The first-order valence-electron chi connectivity index (χ1n) is 7.13. The van der Waals surface area contributed by atoms with Crippen molar-refractivity contribution in [3.63, 3.8) is 0 Å². The third kappa shape index (κ3) is 3.02. The van der Waals surface area contributed by atoms with E-state index in [2.05, 4.69) is 36.5 Å². The van der Waals surface area contributed by atoms with Crippen LogP contribution in [0.1, 0.15) is 36.1 Å². The third-order valence-corrected chi connectivity index (χ3v) is 4.42. The molecule has 0 saturated carbocycles. The minimum Gasteiger partial charge on any atom is -0.307 e. The Morgan fingerprint density at radius 1 is 1.15 bits per heavy atom. The molecule has 0 fully saturated rings. The number of nitrogens with zero attached hydrogens (tertiary/aromatic N) is 2. The highest BCUT2D eigenvalue weighted by Crippen LogP contribution is 2.23. The van der Waals surface area contributed by atoms with Crippen LogP contribution in [0.2, 0.25) is 0 Å². The van der Waals surface area contributed by atoms with E-state index in [-0.39, 0.29) is 0 Å². The summed E-state index contributed by atoms with van der Waals surface area (Å²) < 4.78 is 0. The van der Waals surface area contributed by atoms with Crippen molar-refractivity contribution in [2.24, 2.45) is 0 Å². The molecule has 0 amide bonds. The van der Waals surface area contributed by atoms with Crippen molar-refractivity contribution in [2.45, 2.75) is 43.5 Å². The third-order valence-electron chi connectivity index (χ3n) is 3.42. The average molecular weight is 285 g/mol. The van der Waals surface area contributed by atoms with Crippen molar-refractivity contribution >= 4 is 11.8 Å². The van der Waals surface area contributed by atoms with Crippen molar-refractivity contribution in [2.75, 3.05) is 0 Å². The quantitative estimate of drug-likeness (QED) is 0.855. The first-order valence-corrected chi connectivity index (χ1v) is 8.11. The maximum absolute atomic E-state index is 4.78. The lowest BCUT2D eigenvalue weighted by molar-refractivity contribution is 0.753. The first-order chi connectivity index (χ1) is 9.86. The number of fused-ring (bicyclic) bond motifs is 1. The first kappa shape index (κ1) is 13.6. The largest absolute Gasteiger partial charge is 0.307 e. The molecule has 1 N–H and O–H groups in total. The van der Waals surface area contributed by atoms with Gasteiger partial charge in [0.2, 0.25) is 0 Å². The molecular formula is C16H19N3S. The Bertz CT molecular complexity index is 584. The lowest BCUT2D eigenvalue weighted by atomic mass is 10.1. The number of hydrogen-bond acceptors (Lipinski definition) is 4. The van der Waals surface area contributed by atoms with E-state index in [0.29, 0.717) is 0 Å². The molecule has 1 aromatic carbocycles. The van der Waals surface area contributed by atoms with Crippen LogP contribution in [0.3, 0.4) is 0 Å². The number of benzene rings is 1. The molecule has 1 aromatic heterocycles. The van der Waals surface area contributed by atoms with Crippen molar-refractivity contribution in [1.82, 2.24) is 15.3 Å². The molecule has 0 aliphatic carbocycles. The van der Waals surface area contributed by atoms with Gasteiger partial charge in [-0.15, -0.1) is 11.8 Å². The molecule has 0 radical (unpaired) electrons. The molecule has 2 aromatic rings. The number of rotatable bonds is 5. The van der Waals surface area contributed by atoms with Crippen molar-refractivity contribution in [3.05, 3.63) is 53.1 Å². The second-order valence-electron chi connectivity index (χ2n) is 4.97. The van der Waals surface area contributed by atoms with E-state index in [0.717, 1.165) is 37.5 Å². The smallest absolute Gasteiger partial charge is 0.139 e. The summed E-state index contributed by atoms with van der Waals surface area (Å²) in [6, 6.07) is 10.4. The zero-order valence-electron chi connectivity index (χ0n) is 11.7. The van der Waals surface area contributed by atoms with Crippen molar-refractivity contribution in [1.29, 1.82) is 0 Å². The zero-order valence-corrected chi connectivity index (χ0v) is 12.5. The number of aryl methyl sites for hydroxylation is 1. The van der Waals surface area contributed by atoms with E-state index < -0.39 is 0 Å². The van der Waals surface area contributed by atoms with Crippen LogP contribution in [0.5, 0.6) is 0 Å². The molecule has 1 aliphatic heterocycles. The van der Waals surface area contributed by atoms with Gasteiger partial charge in [0.25, 0.3) is 0 Å². The number of hydrogen-bond donors (Lipinski definition) is 1. The van der Waals surface area contributed by atoms with E-state index in [4.69, 9.17) is 9.97 Å². The minimum absolute atomic E-state index is 0.841. The van der Waals surface area contributed by atoms with Gasteiger partial charge in [-0.2, -0.15) is 0 Å². The highest BCUT2D eigenvalue weighted by atomic mass is 32.2. The predicted octanol–water partition coefficient (Wildman–Crippen LogP) is 3.32. The Labute approximate surface area is 124 Å². The second-order valence-corrected chi connectivity index (χ2v) is 6.02. The fourth-order valence-electron chi connectivity index (χ4n) is 2.47. The molecule has 104 valence electrons. The zero-order chi connectivity index (χ0) is 13.8. The second kappa shape index (κ2) is 6.37. The monoisotopic (exact) mass is 285 g/mol. The lowest BCUT2D eigenvalue weighted by Gasteiger charge is -2.08. The summed E-state index contributed by atoms with van der Waals surface area (Å²) in [4.78, 5) is 10.8. The van der Waals surface area contributed by atoms with Crippen LogP contribution in [-0.2, 0) is 25.3 Å². The van der Waals surface area contributed by atoms with E-state index in [1.54, 1.807) is 11.8 Å². The van der Waals surface area contributed by atoms with Gasteiger partial charge in [0, 0.05) is 29.2 Å². The summed E-state index contributed by atoms with van der Waals surface area (Å²) in [6.07, 6.45) is 2.18. The van der Waals surface area contributed by atoms with Gasteiger partial charge in [-0.3, -0.25) is 0 Å². The van der Waals surface area contributed by atoms with E-state index >= 15 is 0 Å². The van der Waals surface area contributed by atoms with Crippen LogP contribution in [0, 0.1) is 0 Å². The van der Waals surface area contributed by atoms with E-state index in [1.807, 2.05) is 6.07 Å². The van der Waals surface area contributed by atoms with Crippen molar-refractivity contribution < 1.29 is 0 Å². The molecule has 0 bridgehead atoms. The van der Waals surface area contributed by atoms with Gasteiger partial charge in [-0.1, -0.05) is 31.5 Å². The Balaban J connectivity index is 1.78. The summed E-state index contributed by atoms with van der Waals surface area (Å²) in [6.45, 7) is 4.02. The van der Waals surface area contributed by atoms with Crippen LogP contribution in [0.25, 0.3) is 0 Å². The van der Waals surface area contributed by atoms with Crippen LogP contribution < -0.4 is 5.32 Å². The van der Waals surface area contributed by atoms with Gasteiger partial charge in [0.1, 0.15) is 5.82 Å². The molecular weight excluding hydrogens is 266 g/mol. The van der Waals surface area contributed by atoms with Gasteiger partial charge >= 0.3 is 0 Å². The Morgan fingerprint density at radius 3 is 2.80 bits per heavy atom. The van der Waals surface area contributed by atoms with E-state index in [1.165, 1.54) is 21.8 Å². The minimum atomic E-state index is 0.841. The number of aromatic nitrogens is 2. The van der Waals surface area contributed by atoms with E-state index in [9.17, 15) is 0 Å².